The van der Waals surface area contributed by atoms with Crippen molar-refractivity contribution in [2.45, 2.75) is 9.79 Å². The molecule has 156 valence electrons. The van der Waals surface area contributed by atoms with E-state index in [4.69, 9.17) is 0 Å². The minimum atomic E-state index is 0. The molecule has 0 aromatic heterocycles. The summed E-state index contributed by atoms with van der Waals surface area (Å²) < 4.78 is 0. The molecule has 4 aromatic carbocycles. The minimum Gasteiger partial charge on any atom is -0.872 e. The number of hydrogen-bond acceptors (Lipinski definition) is 5. The Bertz CT molecular complexity index is 901. The van der Waals surface area contributed by atoms with Crippen LogP contribution in [0.25, 0.3) is 0 Å². The van der Waals surface area contributed by atoms with Crippen molar-refractivity contribution < 1.29 is 36.9 Å². The number of para-hydroxylation sites is 4. The Morgan fingerprint density at radius 2 is 0.767 bits per heavy atom. The fourth-order valence-corrected chi connectivity index (χ4v) is 2.92. The van der Waals surface area contributed by atoms with Gasteiger partial charge in [-0.25, -0.2) is 0 Å². The summed E-state index contributed by atoms with van der Waals surface area (Å²) >= 11 is 1.34. The molecule has 0 bridgehead atoms. The summed E-state index contributed by atoms with van der Waals surface area (Å²) in [6, 6.07) is 30.8. The van der Waals surface area contributed by atoms with Gasteiger partial charge in [-0.2, -0.15) is 0 Å². The smallest absolute Gasteiger partial charge is 0.872 e. The first-order chi connectivity index (χ1) is 14.1. The molecule has 0 aliphatic rings. The molecule has 4 nitrogen and oxygen atoms in total. The van der Waals surface area contributed by atoms with Crippen LogP contribution in [0.5, 0.6) is 23.0 Å². The van der Waals surface area contributed by atoms with Crippen molar-refractivity contribution in [3.05, 3.63) is 109 Å². The third-order valence-electron chi connectivity index (χ3n) is 3.44. The van der Waals surface area contributed by atoms with Crippen molar-refractivity contribution in [2.24, 2.45) is 0 Å². The standard InChI is InChI=1S/C12H10O2S.2C6H6O.Ni/c13-9-5-1-3-7-11(9)15-12-8-4-2-6-10(12)14;2*7-6-4-2-1-3-5-6;/h1-8,13-14H;2*1-5,7H;/q;;;+2/p-2. The van der Waals surface area contributed by atoms with E-state index < -0.39 is 0 Å². The van der Waals surface area contributed by atoms with Gasteiger partial charge < -0.3 is 20.4 Å². The van der Waals surface area contributed by atoms with Crippen molar-refractivity contribution in [3.63, 3.8) is 0 Å². The first kappa shape index (κ1) is 25.0. The Labute approximate surface area is 190 Å². The zero-order chi connectivity index (χ0) is 20.9. The second kappa shape index (κ2) is 14.0. The minimum absolute atomic E-state index is 0. The summed E-state index contributed by atoms with van der Waals surface area (Å²) in [7, 11) is 0. The van der Waals surface area contributed by atoms with Crippen molar-refractivity contribution in [1.82, 2.24) is 0 Å². The molecule has 4 rings (SSSR count). The van der Waals surface area contributed by atoms with Gasteiger partial charge in [-0.15, -0.1) is 11.5 Å². The van der Waals surface area contributed by atoms with Crippen LogP contribution in [0, 0.1) is 0 Å². The molecule has 0 spiro atoms. The molecule has 0 aliphatic heterocycles. The number of aromatic hydroxyl groups is 2. The van der Waals surface area contributed by atoms with Gasteiger partial charge in [-0.3, -0.25) is 0 Å². The average Bonchev–Trinajstić information content (AvgIpc) is 2.73. The third-order valence-corrected chi connectivity index (χ3v) is 4.57. The largest absolute Gasteiger partial charge is 2.00 e. The van der Waals surface area contributed by atoms with E-state index in [0.29, 0.717) is 0 Å². The Balaban J connectivity index is 0.000000251. The van der Waals surface area contributed by atoms with E-state index in [2.05, 4.69) is 0 Å². The first-order valence-corrected chi connectivity index (χ1v) is 9.56. The van der Waals surface area contributed by atoms with Crippen molar-refractivity contribution in [2.75, 3.05) is 0 Å². The molecular weight excluding hydrogens is 443 g/mol. The molecule has 30 heavy (non-hydrogen) atoms. The van der Waals surface area contributed by atoms with E-state index in [1.54, 1.807) is 48.5 Å². The molecule has 0 saturated heterocycles. The van der Waals surface area contributed by atoms with Gasteiger partial charge in [0.25, 0.3) is 0 Å². The quantitative estimate of drug-likeness (QED) is 0.419. The predicted octanol–water partition coefficient (Wildman–Crippen LogP) is 4.77. The molecule has 0 radical (unpaired) electrons. The molecule has 0 unspecified atom stereocenters. The van der Waals surface area contributed by atoms with Crippen LogP contribution in [-0.2, 0) is 16.5 Å². The van der Waals surface area contributed by atoms with Gasteiger partial charge in [0.1, 0.15) is 11.5 Å². The van der Waals surface area contributed by atoms with Crippen LogP contribution in [0.2, 0.25) is 0 Å². The molecule has 0 aliphatic carbocycles. The number of phenols is 2. The number of benzene rings is 4. The molecular formula is C24H20NiO4S. The zero-order valence-corrected chi connectivity index (χ0v) is 17.6. The van der Waals surface area contributed by atoms with Crippen molar-refractivity contribution in [1.29, 1.82) is 0 Å². The Kier molecular flexibility index (Phi) is 11.6. The molecule has 0 fully saturated rings. The summed E-state index contributed by atoms with van der Waals surface area (Å²) in [6.45, 7) is 0. The van der Waals surface area contributed by atoms with E-state index in [0.717, 1.165) is 9.79 Å². The average molecular weight is 463 g/mol. The van der Waals surface area contributed by atoms with Gasteiger partial charge in [0.2, 0.25) is 0 Å². The number of rotatable bonds is 2. The van der Waals surface area contributed by atoms with E-state index in [1.165, 1.54) is 36.0 Å². The van der Waals surface area contributed by atoms with E-state index in [1.807, 2.05) is 36.4 Å². The SMILES string of the molecule is Oc1ccccc1Sc1ccccc1O.[Ni+2].[O-]c1ccccc1.[O-]c1ccccc1. The van der Waals surface area contributed by atoms with E-state index >= 15 is 0 Å². The van der Waals surface area contributed by atoms with E-state index in [9.17, 15) is 20.4 Å². The normalized spacial score (nSPS) is 9.07. The predicted molar refractivity (Wildman–Crippen MR) is 112 cm³/mol. The van der Waals surface area contributed by atoms with Crippen molar-refractivity contribution >= 4 is 11.8 Å². The summed E-state index contributed by atoms with van der Waals surface area (Å²) in [5.74, 6) is 0.599. The van der Waals surface area contributed by atoms with Gasteiger partial charge in [0, 0.05) is 0 Å². The fraction of sp³-hybridized carbons (Fsp3) is 0. The maximum atomic E-state index is 10.3. The fourth-order valence-electron chi connectivity index (χ4n) is 2.05. The Morgan fingerprint density at radius 1 is 0.467 bits per heavy atom. The van der Waals surface area contributed by atoms with Crippen LogP contribution in [0.1, 0.15) is 0 Å². The maximum absolute atomic E-state index is 10.3. The van der Waals surface area contributed by atoms with Crippen molar-refractivity contribution in [3.8, 4) is 23.0 Å². The van der Waals surface area contributed by atoms with Crippen LogP contribution in [0.4, 0.5) is 0 Å². The summed E-state index contributed by atoms with van der Waals surface area (Å²) in [6.07, 6.45) is 0. The van der Waals surface area contributed by atoms with Gasteiger partial charge >= 0.3 is 16.5 Å². The zero-order valence-electron chi connectivity index (χ0n) is 15.8. The van der Waals surface area contributed by atoms with E-state index in [-0.39, 0.29) is 39.5 Å². The second-order valence-electron chi connectivity index (χ2n) is 5.66. The first-order valence-electron chi connectivity index (χ1n) is 8.74. The summed E-state index contributed by atoms with van der Waals surface area (Å²) in [4.78, 5) is 1.47. The molecule has 6 heteroatoms. The van der Waals surface area contributed by atoms with Gasteiger partial charge in [-0.05, 0) is 24.3 Å². The van der Waals surface area contributed by atoms with Gasteiger partial charge in [0.05, 0.1) is 9.79 Å². The Hall–Kier alpha value is -3.08. The second-order valence-corrected chi connectivity index (χ2v) is 6.75. The third kappa shape index (κ3) is 9.42. The molecule has 0 saturated carbocycles. The topological polar surface area (TPSA) is 86.6 Å². The Morgan fingerprint density at radius 3 is 1.03 bits per heavy atom. The van der Waals surface area contributed by atoms with Crippen LogP contribution in [0.15, 0.2) is 119 Å². The summed E-state index contributed by atoms with van der Waals surface area (Å²) in [5, 5.41) is 39.7. The molecule has 4 aromatic rings. The number of hydrogen-bond donors (Lipinski definition) is 2. The summed E-state index contributed by atoms with van der Waals surface area (Å²) in [5.41, 5.74) is 0. The molecule has 0 heterocycles. The molecule has 0 atom stereocenters. The molecule has 0 amide bonds. The van der Waals surface area contributed by atoms with Crippen LogP contribution in [0.3, 0.4) is 0 Å². The molecule has 2 N–H and O–H groups in total. The van der Waals surface area contributed by atoms with Gasteiger partial charge in [0.15, 0.2) is 0 Å². The van der Waals surface area contributed by atoms with Crippen LogP contribution in [-0.4, -0.2) is 10.2 Å². The number of phenolic OH excluding ortho intramolecular Hbond substituents is 2. The van der Waals surface area contributed by atoms with Crippen LogP contribution < -0.4 is 10.2 Å². The monoisotopic (exact) mass is 462 g/mol. The van der Waals surface area contributed by atoms with Crippen LogP contribution >= 0.6 is 11.8 Å². The maximum Gasteiger partial charge on any atom is 2.00 e. The van der Waals surface area contributed by atoms with Gasteiger partial charge in [-0.1, -0.05) is 96.7 Å².